The minimum Gasteiger partial charge on any atom is -0.305 e. The predicted molar refractivity (Wildman–Crippen MR) is 449 cm³/mol. The quantitative estimate of drug-likeness (QED) is 0.108. The summed E-state index contributed by atoms with van der Waals surface area (Å²) in [7, 11) is 0. The van der Waals surface area contributed by atoms with E-state index in [4.69, 9.17) is 39.9 Å². The average molecular weight is 1390 g/mol. The van der Waals surface area contributed by atoms with Crippen LogP contribution in [0.1, 0.15) is 44.5 Å². The summed E-state index contributed by atoms with van der Waals surface area (Å²) in [5.74, 6) is 0. The van der Waals surface area contributed by atoms with Crippen LogP contribution in [-0.4, -0.2) is 39.9 Å². The molecule has 20 rings (SSSR count). The molecule has 0 aliphatic heterocycles. The number of anilines is 12. The Morgan fingerprint density at radius 2 is 0.324 bits per heavy atom. The molecule has 12 heteroatoms. The molecule has 12 aromatic carbocycles. The molecule has 0 spiro atoms. The third-order valence-corrected chi connectivity index (χ3v) is 22.2. The zero-order valence-corrected chi connectivity index (χ0v) is 60.9. The van der Waals surface area contributed by atoms with Gasteiger partial charge in [-0.1, -0.05) is 170 Å². The Morgan fingerprint density at radius 1 is 0.176 bits per heavy atom. The fourth-order valence-corrected chi connectivity index (χ4v) is 17.2. The molecule has 20 aromatic rings. The first-order chi connectivity index (χ1) is 52.9. The number of benzene rings is 12. The van der Waals surface area contributed by atoms with E-state index in [0.29, 0.717) is 0 Å². The van der Waals surface area contributed by atoms with Crippen LogP contribution in [0.25, 0.3) is 120 Å². The molecule has 0 N–H and O–H groups in total. The van der Waals surface area contributed by atoms with Gasteiger partial charge in [0.1, 0.15) is 0 Å². The maximum Gasteiger partial charge on any atom is 0.0945 e. The van der Waals surface area contributed by atoms with Crippen LogP contribution in [0.4, 0.5) is 68.2 Å². The number of pyridine rings is 8. The maximum absolute atomic E-state index is 5.40. The summed E-state index contributed by atoms with van der Waals surface area (Å²) >= 11 is 0. The van der Waals surface area contributed by atoms with Crippen LogP contribution >= 0.6 is 0 Å². The van der Waals surface area contributed by atoms with Crippen molar-refractivity contribution < 1.29 is 0 Å². The Labute approximate surface area is 623 Å². The lowest BCUT2D eigenvalue weighted by Crippen LogP contribution is -2.19. The Morgan fingerprint density at radius 3 is 0.472 bits per heavy atom. The summed E-state index contributed by atoms with van der Waals surface area (Å²) in [6.07, 6.45) is 15.4. The molecule has 0 bridgehead atoms. The second-order valence-corrected chi connectivity index (χ2v) is 28.7. The van der Waals surface area contributed by atoms with Gasteiger partial charge in [-0.25, -0.2) is 0 Å². The molecule has 0 saturated heterocycles. The van der Waals surface area contributed by atoms with Gasteiger partial charge >= 0.3 is 0 Å². The number of hydrogen-bond acceptors (Lipinski definition) is 12. The Hall–Kier alpha value is -13.8. The molecule has 0 fully saturated rings. The topological polar surface area (TPSA) is 116 Å². The number of aryl methyl sites for hydroxylation is 8. The fourth-order valence-electron chi connectivity index (χ4n) is 17.2. The van der Waals surface area contributed by atoms with Crippen molar-refractivity contribution in [2.75, 3.05) is 19.6 Å². The fraction of sp³-hybridized carbons (Fsp3) is 0.0833. The molecule has 0 amide bonds. The van der Waals surface area contributed by atoms with E-state index in [0.717, 1.165) is 232 Å². The second-order valence-electron chi connectivity index (χ2n) is 28.7. The standard InChI is InChI=1S/C96H70N12/c1-55-25-33-63-17-9-45-97-81(63)89(55)105(90-56(2)26-34-64-18-10-46-98-82(64)90)75-53-76(106(91-57(3)27-35-65-19-11-47-99-83(65)91)92-58(4)28-36-66-20-12-48-100-84(66)92)72-43-44-74-78(108(95-61(7)31-39-69-23-15-51-103-87(69)95)96-62(8)32-40-70-24-16-52-104-88(70)96)54-77(73-42-41-71(75)79(72)80(73)74)107(93-59(5)29-37-67-21-13-49-101-85(67)93)94-60(6)30-38-68-22-14-50-102-86(68)94/h9-54H,1-8H3. The first-order valence-electron chi connectivity index (χ1n) is 36.7. The third kappa shape index (κ3) is 9.76. The van der Waals surface area contributed by atoms with Crippen LogP contribution in [0, 0.1) is 55.4 Å². The van der Waals surface area contributed by atoms with Crippen LogP contribution < -0.4 is 19.6 Å². The maximum atomic E-state index is 5.40. The number of rotatable bonds is 12. The van der Waals surface area contributed by atoms with E-state index in [1.54, 1.807) is 0 Å². The highest BCUT2D eigenvalue weighted by Crippen LogP contribution is 2.59. The van der Waals surface area contributed by atoms with E-state index < -0.39 is 0 Å². The van der Waals surface area contributed by atoms with Gasteiger partial charge in [-0.3, -0.25) is 39.9 Å². The van der Waals surface area contributed by atoms with E-state index in [-0.39, 0.29) is 0 Å². The van der Waals surface area contributed by atoms with Crippen LogP contribution in [0.15, 0.2) is 280 Å². The summed E-state index contributed by atoms with van der Waals surface area (Å²) in [6, 6.07) is 83.5. The third-order valence-electron chi connectivity index (χ3n) is 22.2. The van der Waals surface area contributed by atoms with Crippen molar-refractivity contribution in [3.63, 3.8) is 0 Å². The molecule has 0 unspecified atom stereocenters. The molecular formula is C96H70N12. The van der Waals surface area contributed by atoms with Gasteiger partial charge in [0.25, 0.3) is 0 Å². The van der Waals surface area contributed by atoms with Gasteiger partial charge in [-0.2, -0.15) is 0 Å². The zero-order chi connectivity index (χ0) is 72.7. The molecule has 0 atom stereocenters. The normalized spacial score (nSPS) is 11.9. The van der Waals surface area contributed by atoms with Crippen LogP contribution in [0.3, 0.4) is 0 Å². The van der Waals surface area contributed by atoms with Gasteiger partial charge in [0.2, 0.25) is 0 Å². The monoisotopic (exact) mass is 1390 g/mol. The Kier molecular flexibility index (Phi) is 14.7. The number of aromatic nitrogens is 8. The zero-order valence-electron chi connectivity index (χ0n) is 60.9. The Bertz CT molecular complexity index is 5990. The number of hydrogen-bond donors (Lipinski definition) is 0. The van der Waals surface area contributed by atoms with E-state index in [1.165, 1.54) is 0 Å². The van der Waals surface area contributed by atoms with E-state index in [9.17, 15) is 0 Å². The number of fused-ring (bicyclic) bond motifs is 8. The molecule has 0 aliphatic rings. The smallest absolute Gasteiger partial charge is 0.0945 e. The molecule has 108 heavy (non-hydrogen) atoms. The molecule has 514 valence electrons. The molecule has 0 radical (unpaired) electrons. The molecule has 8 aromatic heterocycles. The van der Waals surface area contributed by atoms with Gasteiger partial charge < -0.3 is 19.6 Å². The summed E-state index contributed by atoms with van der Waals surface area (Å²) in [4.78, 5) is 53.2. The van der Waals surface area contributed by atoms with Crippen molar-refractivity contribution in [3.8, 4) is 0 Å². The van der Waals surface area contributed by atoms with Gasteiger partial charge in [-0.15, -0.1) is 0 Å². The lowest BCUT2D eigenvalue weighted by atomic mass is 9.88. The van der Waals surface area contributed by atoms with Gasteiger partial charge in [0.15, 0.2) is 0 Å². The van der Waals surface area contributed by atoms with Crippen molar-refractivity contribution in [2.45, 2.75) is 55.4 Å². The first-order valence-corrected chi connectivity index (χ1v) is 36.7. The minimum atomic E-state index is 0.851. The highest BCUT2D eigenvalue weighted by molar-refractivity contribution is 6.34. The summed E-state index contributed by atoms with van der Waals surface area (Å²) < 4.78 is 0. The first kappa shape index (κ1) is 63.8. The van der Waals surface area contributed by atoms with Crippen LogP contribution in [0.2, 0.25) is 0 Å². The summed E-state index contributed by atoms with van der Waals surface area (Å²) in [5.41, 5.74) is 26.2. The highest BCUT2D eigenvalue weighted by Gasteiger charge is 2.36. The molecular weight excluding hydrogens is 1320 g/mol. The lowest BCUT2D eigenvalue weighted by molar-refractivity contribution is 1.21. The highest BCUT2D eigenvalue weighted by atomic mass is 15.2. The molecule has 0 aliphatic carbocycles. The minimum absolute atomic E-state index is 0.851. The van der Waals surface area contributed by atoms with Crippen LogP contribution in [0.5, 0.6) is 0 Å². The summed E-state index contributed by atoms with van der Waals surface area (Å²) in [5, 5.41) is 14.0. The van der Waals surface area contributed by atoms with Gasteiger partial charge in [0, 0.05) is 125 Å². The van der Waals surface area contributed by atoms with Crippen molar-refractivity contribution in [1.29, 1.82) is 0 Å². The van der Waals surface area contributed by atoms with Crippen molar-refractivity contribution >= 4 is 188 Å². The SMILES string of the molecule is Cc1ccc2cccnc2c1N(c1cc(N(c2c(C)ccc3cccnc23)c2c(C)ccc3cccnc23)c2ccc3c(N(c4c(C)ccc5cccnc45)c4c(C)ccc5cccnc45)cc(N(c4c(C)ccc5cccnc45)c4c(C)ccc5cccnc45)c4ccc1c2c43)c1c(C)ccc2cccnc12. The van der Waals surface area contributed by atoms with Crippen molar-refractivity contribution in [3.05, 3.63) is 325 Å². The lowest BCUT2D eigenvalue weighted by Gasteiger charge is -2.37. The molecule has 0 saturated carbocycles. The van der Waals surface area contributed by atoms with Crippen molar-refractivity contribution in [1.82, 2.24) is 39.9 Å². The van der Waals surface area contributed by atoms with Crippen LogP contribution in [-0.2, 0) is 0 Å². The summed E-state index contributed by atoms with van der Waals surface area (Å²) in [6.45, 7) is 17.7. The van der Waals surface area contributed by atoms with E-state index in [1.807, 2.05) is 98.1 Å². The average Bonchev–Trinajstić information content (AvgIpc) is 0.692. The molecule has 8 heterocycles. The van der Waals surface area contributed by atoms with E-state index >= 15 is 0 Å². The van der Waals surface area contributed by atoms with Gasteiger partial charge in [-0.05, 0) is 161 Å². The van der Waals surface area contributed by atoms with E-state index in [2.05, 4.69) is 257 Å². The molecule has 12 nitrogen and oxygen atoms in total. The van der Waals surface area contributed by atoms with Crippen molar-refractivity contribution in [2.24, 2.45) is 0 Å². The Balaban J connectivity index is 1.07. The number of nitrogens with zero attached hydrogens (tertiary/aromatic N) is 12. The predicted octanol–water partition coefficient (Wildman–Crippen LogP) is 25.3. The second kappa shape index (κ2) is 24.9. The largest absolute Gasteiger partial charge is 0.305 e. The van der Waals surface area contributed by atoms with Gasteiger partial charge in [0.05, 0.1) is 112 Å².